The van der Waals surface area contributed by atoms with Crippen LogP contribution >= 0.6 is 0 Å². The van der Waals surface area contributed by atoms with Gasteiger partial charge in [-0.2, -0.15) is 5.10 Å². The lowest BCUT2D eigenvalue weighted by Gasteiger charge is -2.25. The first kappa shape index (κ1) is 17.0. The van der Waals surface area contributed by atoms with E-state index in [2.05, 4.69) is 10.2 Å². The van der Waals surface area contributed by atoms with Crippen molar-refractivity contribution in [3.05, 3.63) is 90.1 Å². The summed E-state index contributed by atoms with van der Waals surface area (Å²) < 4.78 is 0. The molecule has 1 amide bonds. The van der Waals surface area contributed by atoms with Gasteiger partial charge in [0.05, 0.1) is 17.3 Å². The molecule has 134 valence electrons. The third kappa shape index (κ3) is 3.10. The second-order valence-corrected chi connectivity index (χ2v) is 6.66. The fraction of sp³-hybridized carbons (Fsp3) is 0.130. The lowest BCUT2D eigenvalue weighted by Crippen LogP contribution is -2.30. The van der Waals surface area contributed by atoms with E-state index in [0.29, 0.717) is 5.56 Å². The SMILES string of the molecule is CC(c1[nH]nc2ccccc12)N(C)C(=O)c1ccccc1-c1ccccc1. The molecule has 0 aliphatic carbocycles. The van der Waals surface area contributed by atoms with Gasteiger partial charge in [0, 0.05) is 18.0 Å². The van der Waals surface area contributed by atoms with E-state index in [9.17, 15) is 4.79 Å². The molecule has 27 heavy (non-hydrogen) atoms. The number of nitrogens with zero attached hydrogens (tertiary/aromatic N) is 2. The average Bonchev–Trinajstić information content (AvgIpc) is 3.17. The lowest BCUT2D eigenvalue weighted by atomic mass is 9.98. The van der Waals surface area contributed by atoms with Gasteiger partial charge in [-0.3, -0.25) is 9.89 Å². The molecule has 4 aromatic rings. The van der Waals surface area contributed by atoms with Gasteiger partial charge in [-0.15, -0.1) is 0 Å². The number of fused-ring (bicyclic) bond motifs is 1. The summed E-state index contributed by atoms with van der Waals surface area (Å²) >= 11 is 0. The second-order valence-electron chi connectivity index (χ2n) is 6.66. The predicted molar refractivity (Wildman–Crippen MR) is 108 cm³/mol. The van der Waals surface area contributed by atoms with E-state index in [4.69, 9.17) is 0 Å². The van der Waals surface area contributed by atoms with Crippen LogP contribution in [0.1, 0.15) is 29.0 Å². The zero-order valence-electron chi connectivity index (χ0n) is 15.4. The third-order valence-corrected chi connectivity index (χ3v) is 5.05. The average molecular weight is 355 g/mol. The molecule has 0 fully saturated rings. The van der Waals surface area contributed by atoms with Crippen LogP contribution in [-0.2, 0) is 0 Å². The molecule has 1 atom stereocenters. The van der Waals surface area contributed by atoms with Crippen LogP contribution in [0.3, 0.4) is 0 Å². The molecule has 1 N–H and O–H groups in total. The number of nitrogens with one attached hydrogen (secondary N) is 1. The van der Waals surface area contributed by atoms with Crippen molar-refractivity contribution >= 4 is 16.8 Å². The highest BCUT2D eigenvalue weighted by atomic mass is 16.2. The number of hydrogen-bond donors (Lipinski definition) is 1. The summed E-state index contributed by atoms with van der Waals surface area (Å²) in [4.78, 5) is 15.1. The van der Waals surface area contributed by atoms with E-state index in [-0.39, 0.29) is 11.9 Å². The van der Waals surface area contributed by atoms with Crippen molar-refractivity contribution in [2.45, 2.75) is 13.0 Å². The Morgan fingerprint density at radius 3 is 2.41 bits per heavy atom. The molecule has 1 aromatic heterocycles. The van der Waals surface area contributed by atoms with Gasteiger partial charge in [-0.25, -0.2) is 0 Å². The predicted octanol–water partition coefficient (Wildman–Crippen LogP) is 5.06. The Bertz CT molecular complexity index is 1080. The highest BCUT2D eigenvalue weighted by Gasteiger charge is 2.23. The molecule has 0 saturated heterocycles. The molecule has 1 heterocycles. The monoisotopic (exact) mass is 355 g/mol. The van der Waals surface area contributed by atoms with E-state index in [0.717, 1.165) is 27.7 Å². The quantitative estimate of drug-likeness (QED) is 0.556. The van der Waals surface area contributed by atoms with E-state index in [1.54, 1.807) is 4.90 Å². The van der Waals surface area contributed by atoms with Gasteiger partial charge in [0.2, 0.25) is 0 Å². The van der Waals surface area contributed by atoms with Crippen molar-refractivity contribution in [3.63, 3.8) is 0 Å². The van der Waals surface area contributed by atoms with Gasteiger partial charge in [-0.1, -0.05) is 66.7 Å². The zero-order valence-corrected chi connectivity index (χ0v) is 15.4. The summed E-state index contributed by atoms with van der Waals surface area (Å²) in [7, 11) is 1.84. The number of aromatic amines is 1. The van der Waals surface area contributed by atoms with Crippen LogP contribution in [0.5, 0.6) is 0 Å². The summed E-state index contributed by atoms with van der Waals surface area (Å²) in [5.74, 6) is -0.0133. The van der Waals surface area contributed by atoms with Crippen molar-refractivity contribution in [1.82, 2.24) is 15.1 Å². The molecule has 0 bridgehead atoms. The summed E-state index contributed by atoms with van der Waals surface area (Å²) in [6.45, 7) is 2.02. The topological polar surface area (TPSA) is 49.0 Å². The van der Waals surface area contributed by atoms with Crippen LogP contribution in [0.15, 0.2) is 78.9 Å². The minimum absolute atomic E-state index is 0.0133. The summed E-state index contributed by atoms with van der Waals surface area (Å²) in [5.41, 5.74) is 4.52. The van der Waals surface area contributed by atoms with Crippen molar-refractivity contribution < 1.29 is 4.79 Å². The number of amides is 1. The van der Waals surface area contributed by atoms with Crippen molar-refractivity contribution in [2.24, 2.45) is 0 Å². The zero-order chi connectivity index (χ0) is 18.8. The molecule has 0 saturated carbocycles. The van der Waals surface area contributed by atoms with Gasteiger partial charge in [-0.05, 0) is 30.2 Å². The smallest absolute Gasteiger partial charge is 0.254 e. The Morgan fingerprint density at radius 2 is 1.59 bits per heavy atom. The maximum absolute atomic E-state index is 13.3. The number of aromatic nitrogens is 2. The Kier molecular flexibility index (Phi) is 4.47. The van der Waals surface area contributed by atoms with Crippen LogP contribution in [0.2, 0.25) is 0 Å². The molecule has 3 aromatic carbocycles. The number of para-hydroxylation sites is 1. The van der Waals surface area contributed by atoms with E-state index < -0.39 is 0 Å². The largest absolute Gasteiger partial charge is 0.333 e. The second kappa shape index (κ2) is 7.08. The number of rotatable bonds is 4. The first-order valence-corrected chi connectivity index (χ1v) is 9.01. The highest BCUT2D eigenvalue weighted by Crippen LogP contribution is 2.29. The van der Waals surface area contributed by atoms with Gasteiger partial charge in [0.15, 0.2) is 0 Å². The van der Waals surface area contributed by atoms with Gasteiger partial charge in [0.25, 0.3) is 5.91 Å². The van der Waals surface area contributed by atoms with Gasteiger partial charge < -0.3 is 4.90 Å². The summed E-state index contributed by atoms with van der Waals surface area (Å²) in [6.07, 6.45) is 0. The highest BCUT2D eigenvalue weighted by molar-refractivity contribution is 6.01. The number of carbonyl (C=O) groups is 1. The fourth-order valence-electron chi connectivity index (χ4n) is 3.40. The Hall–Kier alpha value is -3.40. The van der Waals surface area contributed by atoms with Crippen molar-refractivity contribution in [1.29, 1.82) is 0 Å². The molecule has 0 aliphatic rings. The van der Waals surface area contributed by atoms with Crippen LogP contribution < -0.4 is 0 Å². The number of carbonyl (C=O) groups excluding carboxylic acids is 1. The standard InChI is InChI=1S/C23H21N3O/c1-16(22-20-14-8-9-15-21(20)24-25-22)26(2)23(27)19-13-7-6-12-18(19)17-10-4-3-5-11-17/h3-16H,1-2H3,(H,24,25). The minimum Gasteiger partial charge on any atom is -0.333 e. The molecule has 0 spiro atoms. The Balaban J connectivity index is 1.69. The number of hydrogen-bond acceptors (Lipinski definition) is 2. The van der Waals surface area contributed by atoms with Crippen molar-refractivity contribution in [3.8, 4) is 11.1 Å². The van der Waals surface area contributed by atoms with Crippen LogP contribution in [-0.4, -0.2) is 28.1 Å². The molecular formula is C23H21N3O. The molecule has 4 rings (SSSR count). The lowest BCUT2D eigenvalue weighted by molar-refractivity contribution is 0.0741. The third-order valence-electron chi connectivity index (χ3n) is 5.05. The van der Waals surface area contributed by atoms with Crippen LogP contribution in [0, 0.1) is 0 Å². The molecule has 0 aliphatic heterocycles. The molecule has 1 unspecified atom stereocenters. The molecule has 4 heteroatoms. The van der Waals surface area contributed by atoms with Crippen molar-refractivity contribution in [2.75, 3.05) is 7.05 Å². The molecule has 0 radical (unpaired) electrons. The van der Waals surface area contributed by atoms with E-state index in [1.165, 1.54) is 0 Å². The maximum Gasteiger partial charge on any atom is 0.254 e. The van der Waals surface area contributed by atoms with Crippen LogP contribution in [0.25, 0.3) is 22.0 Å². The molecular weight excluding hydrogens is 334 g/mol. The Labute approximate surface area is 158 Å². The fourth-order valence-corrected chi connectivity index (χ4v) is 3.40. The number of H-pyrrole nitrogens is 1. The Morgan fingerprint density at radius 1 is 0.926 bits per heavy atom. The van der Waals surface area contributed by atoms with Crippen LogP contribution in [0.4, 0.5) is 0 Å². The first-order valence-electron chi connectivity index (χ1n) is 9.01. The van der Waals surface area contributed by atoms with E-state index >= 15 is 0 Å². The summed E-state index contributed by atoms with van der Waals surface area (Å²) in [6, 6.07) is 25.6. The first-order chi connectivity index (χ1) is 13.2. The minimum atomic E-state index is -0.131. The van der Waals surface area contributed by atoms with Gasteiger partial charge in [0.1, 0.15) is 0 Å². The maximum atomic E-state index is 13.3. The molecule has 4 nitrogen and oxygen atoms in total. The summed E-state index contributed by atoms with van der Waals surface area (Å²) in [5, 5.41) is 8.50. The van der Waals surface area contributed by atoms with Gasteiger partial charge >= 0.3 is 0 Å². The van der Waals surface area contributed by atoms with E-state index in [1.807, 2.05) is 92.8 Å². The normalized spacial score (nSPS) is 12.1. The number of benzene rings is 3.